The summed E-state index contributed by atoms with van der Waals surface area (Å²) in [4.78, 5) is 16.3. The zero-order valence-corrected chi connectivity index (χ0v) is 14.1. The normalized spacial score (nSPS) is 18.8. The molecule has 124 valence electrons. The summed E-state index contributed by atoms with van der Waals surface area (Å²) in [6.07, 6.45) is 3.08. The Labute approximate surface area is 129 Å². The molecule has 5 heteroatoms. The van der Waals surface area contributed by atoms with Crippen LogP contribution in [0.5, 0.6) is 0 Å². The molecule has 1 aliphatic rings. The van der Waals surface area contributed by atoms with E-state index in [0.717, 1.165) is 18.9 Å². The number of aliphatic hydroxyl groups excluding tert-OH is 1. The second-order valence-corrected chi connectivity index (χ2v) is 6.70. The van der Waals surface area contributed by atoms with Gasteiger partial charge in [-0.3, -0.25) is 0 Å². The number of likely N-dealkylation sites (tertiary alicyclic amines) is 1. The molecule has 1 saturated heterocycles. The van der Waals surface area contributed by atoms with E-state index in [1.165, 1.54) is 25.9 Å². The van der Waals surface area contributed by atoms with Crippen molar-refractivity contribution in [1.29, 1.82) is 0 Å². The Morgan fingerprint density at radius 1 is 1.33 bits per heavy atom. The quantitative estimate of drug-likeness (QED) is 0.706. The van der Waals surface area contributed by atoms with Crippen molar-refractivity contribution in [1.82, 2.24) is 15.1 Å². The van der Waals surface area contributed by atoms with Crippen LogP contribution in [0.4, 0.5) is 4.79 Å². The predicted molar refractivity (Wildman–Crippen MR) is 86.4 cm³/mol. The van der Waals surface area contributed by atoms with E-state index < -0.39 is 6.10 Å². The molecular weight excluding hydrogens is 266 g/mol. The monoisotopic (exact) mass is 299 g/mol. The molecule has 5 nitrogen and oxygen atoms in total. The first kappa shape index (κ1) is 18.2. The fourth-order valence-corrected chi connectivity index (χ4v) is 2.70. The van der Waals surface area contributed by atoms with E-state index in [4.69, 9.17) is 0 Å². The number of hydrogen-bond acceptors (Lipinski definition) is 3. The van der Waals surface area contributed by atoms with Crippen molar-refractivity contribution in [3.05, 3.63) is 0 Å². The number of carbonyl (C=O) groups is 1. The number of rotatable bonds is 7. The maximum Gasteiger partial charge on any atom is 0.317 e. The van der Waals surface area contributed by atoms with Gasteiger partial charge in [0.15, 0.2) is 0 Å². The number of urea groups is 1. The van der Waals surface area contributed by atoms with Crippen LogP contribution in [0.3, 0.4) is 0 Å². The average molecular weight is 299 g/mol. The van der Waals surface area contributed by atoms with E-state index in [9.17, 15) is 9.90 Å². The van der Waals surface area contributed by atoms with Gasteiger partial charge in [-0.1, -0.05) is 6.92 Å². The zero-order chi connectivity index (χ0) is 15.8. The van der Waals surface area contributed by atoms with Crippen molar-refractivity contribution in [2.45, 2.75) is 59.1 Å². The van der Waals surface area contributed by atoms with E-state index in [1.54, 1.807) is 11.8 Å². The Morgan fingerprint density at radius 2 is 1.95 bits per heavy atom. The van der Waals surface area contributed by atoms with Crippen LogP contribution >= 0.6 is 0 Å². The number of nitrogens with zero attached hydrogens (tertiary/aromatic N) is 2. The summed E-state index contributed by atoms with van der Waals surface area (Å²) in [5, 5.41) is 12.4. The maximum absolute atomic E-state index is 12.1. The first-order valence-electron chi connectivity index (χ1n) is 8.35. The number of nitrogens with one attached hydrogen (secondary N) is 1. The van der Waals surface area contributed by atoms with Gasteiger partial charge in [0.05, 0.1) is 6.10 Å². The van der Waals surface area contributed by atoms with Crippen molar-refractivity contribution >= 4 is 6.03 Å². The average Bonchev–Trinajstić information content (AvgIpc) is 2.42. The summed E-state index contributed by atoms with van der Waals surface area (Å²) < 4.78 is 0. The Kier molecular flexibility index (Phi) is 8.04. The molecule has 0 bridgehead atoms. The molecule has 21 heavy (non-hydrogen) atoms. The van der Waals surface area contributed by atoms with E-state index in [2.05, 4.69) is 17.1 Å². The molecule has 1 unspecified atom stereocenters. The molecule has 1 aliphatic heterocycles. The van der Waals surface area contributed by atoms with E-state index in [1.807, 2.05) is 13.8 Å². The van der Waals surface area contributed by atoms with Crippen molar-refractivity contribution in [2.24, 2.45) is 5.92 Å². The van der Waals surface area contributed by atoms with Crippen molar-refractivity contribution < 1.29 is 9.90 Å². The third kappa shape index (κ3) is 7.14. The third-order valence-electron chi connectivity index (χ3n) is 4.15. The lowest BCUT2D eigenvalue weighted by Crippen LogP contribution is -2.47. The lowest BCUT2D eigenvalue weighted by atomic mass is 9.99. The van der Waals surface area contributed by atoms with Gasteiger partial charge in [0.1, 0.15) is 0 Å². The van der Waals surface area contributed by atoms with Gasteiger partial charge >= 0.3 is 6.03 Å². The Balaban J connectivity index is 2.19. The third-order valence-corrected chi connectivity index (χ3v) is 4.15. The SMILES string of the molecule is CC(O)CN(C(=O)NCCCN1CCC(C)CC1)C(C)C. The molecule has 0 aliphatic carbocycles. The number of piperidine rings is 1. The highest BCUT2D eigenvalue weighted by atomic mass is 16.3. The van der Waals surface area contributed by atoms with Crippen molar-refractivity contribution in [3.8, 4) is 0 Å². The molecule has 1 atom stereocenters. The van der Waals surface area contributed by atoms with E-state index in [-0.39, 0.29) is 12.1 Å². The molecule has 0 aromatic rings. The van der Waals surface area contributed by atoms with Crippen LogP contribution in [-0.2, 0) is 0 Å². The molecule has 2 N–H and O–H groups in total. The highest BCUT2D eigenvalue weighted by Crippen LogP contribution is 2.15. The number of hydrogen-bond donors (Lipinski definition) is 2. The molecule has 0 spiro atoms. The first-order chi connectivity index (χ1) is 9.90. The fourth-order valence-electron chi connectivity index (χ4n) is 2.70. The van der Waals surface area contributed by atoms with Gasteiger partial charge in [-0.25, -0.2) is 4.79 Å². The Morgan fingerprint density at radius 3 is 2.48 bits per heavy atom. The van der Waals surface area contributed by atoms with Gasteiger partial charge in [-0.15, -0.1) is 0 Å². The topological polar surface area (TPSA) is 55.8 Å². The van der Waals surface area contributed by atoms with Crippen LogP contribution in [0.15, 0.2) is 0 Å². The van der Waals surface area contributed by atoms with Crippen LogP contribution in [-0.4, -0.2) is 65.8 Å². The Hall–Kier alpha value is -0.810. The van der Waals surface area contributed by atoms with Gasteiger partial charge in [0.2, 0.25) is 0 Å². The van der Waals surface area contributed by atoms with Gasteiger partial charge in [0, 0.05) is 19.1 Å². The molecular formula is C16H33N3O2. The summed E-state index contributed by atoms with van der Waals surface area (Å²) in [6.45, 7) is 12.5. The molecule has 0 radical (unpaired) electrons. The number of aliphatic hydroxyl groups is 1. The zero-order valence-electron chi connectivity index (χ0n) is 14.1. The summed E-state index contributed by atoms with van der Waals surface area (Å²) in [5.41, 5.74) is 0. The second-order valence-electron chi connectivity index (χ2n) is 6.70. The summed E-state index contributed by atoms with van der Waals surface area (Å²) >= 11 is 0. The highest BCUT2D eigenvalue weighted by Gasteiger charge is 2.18. The highest BCUT2D eigenvalue weighted by molar-refractivity contribution is 5.74. The van der Waals surface area contributed by atoms with E-state index in [0.29, 0.717) is 13.1 Å². The van der Waals surface area contributed by atoms with E-state index >= 15 is 0 Å². The smallest absolute Gasteiger partial charge is 0.317 e. The largest absolute Gasteiger partial charge is 0.392 e. The minimum absolute atomic E-state index is 0.0711. The van der Waals surface area contributed by atoms with Crippen molar-refractivity contribution in [3.63, 3.8) is 0 Å². The van der Waals surface area contributed by atoms with Gasteiger partial charge < -0.3 is 20.2 Å². The minimum Gasteiger partial charge on any atom is -0.392 e. The van der Waals surface area contributed by atoms with Crippen LogP contribution in [0.1, 0.15) is 47.0 Å². The predicted octanol–water partition coefficient (Wildman–Crippen LogP) is 1.91. The van der Waals surface area contributed by atoms with Crippen molar-refractivity contribution in [2.75, 3.05) is 32.7 Å². The fraction of sp³-hybridized carbons (Fsp3) is 0.938. The Bertz CT molecular complexity index is 300. The van der Waals surface area contributed by atoms with Gasteiger partial charge in [-0.2, -0.15) is 0 Å². The second kappa shape index (κ2) is 9.26. The number of amides is 2. The molecule has 0 aromatic heterocycles. The first-order valence-corrected chi connectivity index (χ1v) is 8.35. The lowest BCUT2D eigenvalue weighted by Gasteiger charge is -2.30. The standard InChI is InChI=1S/C16H33N3O2/c1-13(2)19(12-15(4)20)16(21)17-8-5-9-18-10-6-14(3)7-11-18/h13-15,20H,5-12H2,1-4H3,(H,17,21). The van der Waals surface area contributed by atoms with Gasteiger partial charge in [0.25, 0.3) is 0 Å². The summed E-state index contributed by atoms with van der Waals surface area (Å²) in [5.74, 6) is 0.862. The van der Waals surface area contributed by atoms with Crippen LogP contribution in [0, 0.1) is 5.92 Å². The summed E-state index contributed by atoms with van der Waals surface area (Å²) in [7, 11) is 0. The molecule has 1 heterocycles. The van der Waals surface area contributed by atoms with Crippen LogP contribution in [0.25, 0.3) is 0 Å². The molecule has 1 rings (SSSR count). The number of carbonyl (C=O) groups excluding carboxylic acids is 1. The maximum atomic E-state index is 12.1. The molecule has 0 saturated carbocycles. The molecule has 0 aromatic carbocycles. The van der Waals surface area contributed by atoms with Gasteiger partial charge in [-0.05, 0) is 65.6 Å². The lowest BCUT2D eigenvalue weighted by molar-refractivity contribution is 0.118. The minimum atomic E-state index is -0.492. The molecule has 2 amide bonds. The van der Waals surface area contributed by atoms with Crippen LogP contribution < -0.4 is 5.32 Å². The summed E-state index contributed by atoms with van der Waals surface area (Å²) in [6, 6.07) is 0.0290. The van der Waals surface area contributed by atoms with Crippen LogP contribution in [0.2, 0.25) is 0 Å². The molecule has 1 fully saturated rings.